The fourth-order valence-electron chi connectivity index (χ4n) is 2.15. The van der Waals surface area contributed by atoms with Crippen LogP contribution in [0.3, 0.4) is 0 Å². The Morgan fingerprint density at radius 3 is 2.60 bits per heavy atom. The molecule has 90 valence electrons. The second-order valence-corrected chi connectivity index (χ2v) is 4.78. The first-order chi connectivity index (χ1) is 7.34. The Labute approximate surface area is 94.3 Å². The van der Waals surface area contributed by atoms with E-state index in [-0.39, 0.29) is 0 Å². The minimum Gasteiger partial charge on any atom is -0.236 e. The van der Waals surface area contributed by atoms with E-state index < -0.39 is 0 Å². The van der Waals surface area contributed by atoms with Gasteiger partial charge < -0.3 is 0 Å². The molecule has 0 aliphatic heterocycles. The van der Waals surface area contributed by atoms with E-state index in [9.17, 15) is 0 Å². The van der Waals surface area contributed by atoms with Crippen LogP contribution in [0.5, 0.6) is 0 Å². The Kier molecular flexibility index (Phi) is 7.03. The standard InChI is InChI=1S/C13H26O2/c1-3-4-5-8-11-14-15-13-10-7-6-9-12(13)2/h12-13H,3-11H2,1-2H3. The zero-order valence-corrected chi connectivity index (χ0v) is 10.3. The number of unbranched alkanes of at least 4 members (excludes halogenated alkanes) is 3. The molecule has 0 bridgehead atoms. The van der Waals surface area contributed by atoms with Crippen molar-refractivity contribution in [2.24, 2.45) is 5.92 Å². The van der Waals surface area contributed by atoms with Gasteiger partial charge in [0.2, 0.25) is 0 Å². The topological polar surface area (TPSA) is 18.5 Å². The zero-order valence-electron chi connectivity index (χ0n) is 10.3. The highest BCUT2D eigenvalue weighted by Gasteiger charge is 2.22. The molecule has 0 aromatic heterocycles. The van der Waals surface area contributed by atoms with Gasteiger partial charge in [-0.15, -0.1) is 0 Å². The molecule has 1 fully saturated rings. The summed E-state index contributed by atoms with van der Waals surface area (Å²) in [5, 5.41) is 0. The SMILES string of the molecule is CCCCCCOOC1CCCCC1C. The third-order valence-corrected chi connectivity index (χ3v) is 3.31. The predicted octanol–water partition coefficient (Wildman–Crippen LogP) is 4.09. The largest absolute Gasteiger partial charge is 0.236 e. The third kappa shape index (κ3) is 5.53. The lowest BCUT2D eigenvalue weighted by atomic mass is 9.88. The Morgan fingerprint density at radius 1 is 1.07 bits per heavy atom. The molecule has 2 unspecified atom stereocenters. The normalized spacial score (nSPS) is 26.8. The summed E-state index contributed by atoms with van der Waals surface area (Å²) < 4.78 is 0. The van der Waals surface area contributed by atoms with Crippen LogP contribution in [-0.2, 0) is 9.78 Å². The van der Waals surface area contributed by atoms with E-state index in [0.29, 0.717) is 12.0 Å². The molecule has 0 saturated heterocycles. The van der Waals surface area contributed by atoms with Gasteiger partial charge >= 0.3 is 0 Å². The first-order valence-corrected chi connectivity index (χ1v) is 6.63. The van der Waals surface area contributed by atoms with E-state index in [0.717, 1.165) is 13.0 Å². The maximum atomic E-state index is 5.48. The van der Waals surface area contributed by atoms with E-state index in [1.54, 1.807) is 0 Å². The van der Waals surface area contributed by atoms with Crippen LogP contribution >= 0.6 is 0 Å². The molecule has 0 radical (unpaired) electrons. The minimum atomic E-state index is 0.352. The summed E-state index contributed by atoms with van der Waals surface area (Å²) in [6.07, 6.45) is 10.5. The molecule has 2 heteroatoms. The predicted molar refractivity (Wildman–Crippen MR) is 62.6 cm³/mol. The lowest BCUT2D eigenvalue weighted by Crippen LogP contribution is -2.25. The van der Waals surface area contributed by atoms with Crippen molar-refractivity contribution in [1.82, 2.24) is 0 Å². The van der Waals surface area contributed by atoms with Crippen LogP contribution in [0.4, 0.5) is 0 Å². The van der Waals surface area contributed by atoms with E-state index >= 15 is 0 Å². The van der Waals surface area contributed by atoms with Crippen molar-refractivity contribution >= 4 is 0 Å². The van der Waals surface area contributed by atoms with Crippen LogP contribution in [0.1, 0.15) is 65.2 Å². The molecule has 1 saturated carbocycles. The van der Waals surface area contributed by atoms with Gasteiger partial charge in [0.25, 0.3) is 0 Å². The summed E-state index contributed by atoms with van der Waals surface area (Å²) >= 11 is 0. The lowest BCUT2D eigenvalue weighted by molar-refractivity contribution is -0.336. The fourth-order valence-corrected chi connectivity index (χ4v) is 2.15. The molecular weight excluding hydrogens is 188 g/mol. The highest BCUT2D eigenvalue weighted by molar-refractivity contribution is 4.70. The molecule has 0 heterocycles. The Balaban J connectivity index is 1.94. The first-order valence-electron chi connectivity index (χ1n) is 6.63. The summed E-state index contributed by atoms with van der Waals surface area (Å²) in [6.45, 7) is 5.26. The molecule has 2 atom stereocenters. The summed E-state index contributed by atoms with van der Waals surface area (Å²) in [4.78, 5) is 10.8. The van der Waals surface area contributed by atoms with E-state index in [4.69, 9.17) is 9.78 Å². The number of hydrogen-bond donors (Lipinski definition) is 0. The molecule has 0 aromatic rings. The monoisotopic (exact) mass is 214 g/mol. The van der Waals surface area contributed by atoms with Crippen molar-refractivity contribution in [3.63, 3.8) is 0 Å². The second-order valence-electron chi connectivity index (χ2n) is 4.78. The zero-order chi connectivity index (χ0) is 10.9. The van der Waals surface area contributed by atoms with Gasteiger partial charge in [-0.3, -0.25) is 0 Å². The van der Waals surface area contributed by atoms with E-state index in [1.165, 1.54) is 44.9 Å². The molecule has 0 aromatic carbocycles. The van der Waals surface area contributed by atoms with Gasteiger partial charge in [-0.05, 0) is 25.2 Å². The van der Waals surface area contributed by atoms with Crippen molar-refractivity contribution < 1.29 is 9.78 Å². The van der Waals surface area contributed by atoms with Crippen LogP contribution in [0, 0.1) is 5.92 Å². The van der Waals surface area contributed by atoms with Gasteiger partial charge in [0, 0.05) is 0 Å². The van der Waals surface area contributed by atoms with E-state index in [1.807, 2.05) is 0 Å². The molecule has 0 spiro atoms. The highest BCUT2D eigenvalue weighted by Crippen LogP contribution is 2.26. The Morgan fingerprint density at radius 2 is 1.87 bits per heavy atom. The van der Waals surface area contributed by atoms with Crippen molar-refractivity contribution in [3.05, 3.63) is 0 Å². The number of rotatable bonds is 7. The molecule has 2 nitrogen and oxygen atoms in total. The lowest BCUT2D eigenvalue weighted by Gasteiger charge is -2.27. The summed E-state index contributed by atoms with van der Waals surface area (Å²) in [6, 6.07) is 0. The van der Waals surface area contributed by atoms with Gasteiger partial charge in [0.05, 0.1) is 12.7 Å². The summed E-state index contributed by atoms with van der Waals surface area (Å²) in [5.41, 5.74) is 0. The Hall–Kier alpha value is -0.0800. The van der Waals surface area contributed by atoms with Crippen molar-refractivity contribution in [3.8, 4) is 0 Å². The molecule has 15 heavy (non-hydrogen) atoms. The second kappa shape index (κ2) is 8.12. The maximum Gasteiger partial charge on any atom is 0.0955 e. The van der Waals surface area contributed by atoms with Crippen LogP contribution in [0.25, 0.3) is 0 Å². The molecular formula is C13H26O2. The van der Waals surface area contributed by atoms with Gasteiger partial charge in [-0.25, -0.2) is 9.78 Å². The third-order valence-electron chi connectivity index (χ3n) is 3.31. The average molecular weight is 214 g/mol. The van der Waals surface area contributed by atoms with Crippen LogP contribution < -0.4 is 0 Å². The number of hydrogen-bond acceptors (Lipinski definition) is 2. The van der Waals surface area contributed by atoms with Crippen LogP contribution in [0.15, 0.2) is 0 Å². The van der Waals surface area contributed by atoms with Gasteiger partial charge in [0.15, 0.2) is 0 Å². The first kappa shape index (κ1) is 13.0. The van der Waals surface area contributed by atoms with Gasteiger partial charge in [-0.2, -0.15) is 0 Å². The van der Waals surface area contributed by atoms with Crippen molar-refractivity contribution in [2.45, 2.75) is 71.3 Å². The molecule has 0 amide bonds. The van der Waals surface area contributed by atoms with Crippen molar-refractivity contribution in [2.75, 3.05) is 6.61 Å². The van der Waals surface area contributed by atoms with Gasteiger partial charge in [-0.1, -0.05) is 46.0 Å². The smallest absolute Gasteiger partial charge is 0.0955 e. The summed E-state index contributed by atoms with van der Waals surface area (Å²) in [7, 11) is 0. The Bertz CT molecular complexity index is 147. The fraction of sp³-hybridized carbons (Fsp3) is 1.00. The molecule has 0 N–H and O–H groups in total. The average Bonchev–Trinajstić information content (AvgIpc) is 2.25. The molecule has 1 aliphatic carbocycles. The van der Waals surface area contributed by atoms with Gasteiger partial charge in [0.1, 0.15) is 0 Å². The van der Waals surface area contributed by atoms with Crippen LogP contribution in [-0.4, -0.2) is 12.7 Å². The highest BCUT2D eigenvalue weighted by atomic mass is 17.2. The van der Waals surface area contributed by atoms with Crippen LogP contribution in [0.2, 0.25) is 0 Å². The summed E-state index contributed by atoms with van der Waals surface area (Å²) in [5.74, 6) is 0.675. The van der Waals surface area contributed by atoms with E-state index in [2.05, 4.69) is 13.8 Å². The van der Waals surface area contributed by atoms with Crippen molar-refractivity contribution in [1.29, 1.82) is 0 Å². The molecule has 1 aliphatic rings. The molecule has 1 rings (SSSR count). The maximum absolute atomic E-state index is 5.48. The quantitative estimate of drug-likeness (QED) is 0.361. The minimum absolute atomic E-state index is 0.352.